The Morgan fingerprint density at radius 3 is 2.67 bits per heavy atom. The zero-order valence-electron chi connectivity index (χ0n) is 10.8. The molecule has 2 aromatic heterocycles. The van der Waals surface area contributed by atoms with Crippen LogP contribution in [0.4, 0.5) is 0 Å². The van der Waals surface area contributed by atoms with Crippen LogP contribution in [0.15, 0.2) is 33.4 Å². The number of hydrogen-bond donors (Lipinski definition) is 1. The van der Waals surface area contributed by atoms with E-state index in [-0.39, 0.29) is 6.04 Å². The van der Waals surface area contributed by atoms with Crippen molar-refractivity contribution < 1.29 is 4.42 Å². The highest BCUT2D eigenvalue weighted by Gasteiger charge is 2.16. The van der Waals surface area contributed by atoms with Crippen molar-refractivity contribution in [2.24, 2.45) is 0 Å². The first-order valence-electron chi connectivity index (χ1n) is 5.93. The maximum atomic E-state index is 5.59. The molecule has 1 unspecified atom stereocenters. The molecule has 96 valence electrons. The molecule has 1 atom stereocenters. The summed E-state index contributed by atoms with van der Waals surface area (Å²) in [6.07, 6.45) is 4.59. The van der Waals surface area contributed by atoms with Gasteiger partial charge in [0.1, 0.15) is 11.5 Å². The lowest BCUT2D eigenvalue weighted by molar-refractivity contribution is 0.490. The third kappa shape index (κ3) is 3.00. The van der Waals surface area contributed by atoms with Gasteiger partial charge in [0.15, 0.2) is 0 Å². The Morgan fingerprint density at radius 1 is 1.33 bits per heavy atom. The molecular formula is C14H17BrN2O. The van der Waals surface area contributed by atoms with Gasteiger partial charge in [0.05, 0.1) is 0 Å². The molecule has 4 heteroatoms. The van der Waals surface area contributed by atoms with Gasteiger partial charge in [-0.05, 0) is 60.9 Å². The molecule has 0 aromatic carbocycles. The number of hydrogen-bond acceptors (Lipinski definition) is 3. The van der Waals surface area contributed by atoms with Gasteiger partial charge in [0.25, 0.3) is 0 Å². The van der Waals surface area contributed by atoms with Gasteiger partial charge in [-0.1, -0.05) is 0 Å². The Bertz CT molecular complexity index is 536. The summed E-state index contributed by atoms with van der Waals surface area (Å²) in [7, 11) is 1.97. The van der Waals surface area contributed by atoms with Gasteiger partial charge in [-0.25, -0.2) is 0 Å². The van der Waals surface area contributed by atoms with E-state index in [0.717, 1.165) is 22.4 Å². The van der Waals surface area contributed by atoms with E-state index in [2.05, 4.69) is 38.4 Å². The Kier molecular flexibility index (Phi) is 4.19. The van der Waals surface area contributed by atoms with Crippen LogP contribution < -0.4 is 5.32 Å². The zero-order valence-corrected chi connectivity index (χ0v) is 12.4. The molecule has 0 aliphatic rings. The van der Waals surface area contributed by atoms with Gasteiger partial charge >= 0.3 is 0 Å². The number of rotatable bonds is 4. The Labute approximate surface area is 116 Å². The van der Waals surface area contributed by atoms with Crippen molar-refractivity contribution in [2.75, 3.05) is 7.05 Å². The highest BCUT2D eigenvalue weighted by Crippen LogP contribution is 2.25. The minimum Gasteiger partial charge on any atom is -0.466 e. The number of aromatic nitrogens is 1. The molecule has 0 amide bonds. The third-order valence-electron chi connectivity index (χ3n) is 3.00. The third-order valence-corrected chi connectivity index (χ3v) is 3.44. The molecule has 18 heavy (non-hydrogen) atoms. The highest BCUT2D eigenvalue weighted by atomic mass is 79.9. The summed E-state index contributed by atoms with van der Waals surface area (Å²) in [5, 5.41) is 3.34. The van der Waals surface area contributed by atoms with Crippen molar-refractivity contribution in [2.45, 2.75) is 26.3 Å². The maximum absolute atomic E-state index is 5.59. The van der Waals surface area contributed by atoms with Crippen LogP contribution in [0, 0.1) is 13.8 Å². The quantitative estimate of drug-likeness (QED) is 0.938. The molecule has 0 saturated heterocycles. The Hall–Kier alpha value is -1.13. The van der Waals surface area contributed by atoms with E-state index in [0.29, 0.717) is 0 Å². The molecule has 0 spiro atoms. The second-order valence-electron chi connectivity index (χ2n) is 4.43. The average Bonchev–Trinajstić information content (AvgIpc) is 2.65. The molecule has 3 nitrogen and oxygen atoms in total. The second kappa shape index (κ2) is 5.67. The van der Waals surface area contributed by atoms with Crippen LogP contribution in [0.3, 0.4) is 0 Å². The number of likely N-dealkylation sites (N-methyl/N-ethyl adjacent to an activating group) is 1. The minimum absolute atomic E-state index is 0.249. The number of nitrogens with zero attached hydrogens (tertiary/aromatic N) is 1. The van der Waals surface area contributed by atoms with Crippen LogP contribution >= 0.6 is 15.9 Å². The van der Waals surface area contributed by atoms with E-state index >= 15 is 0 Å². The summed E-state index contributed by atoms with van der Waals surface area (Å²) in [4.78, 5) is 4.19. The van der Waals surface area contributed by atoms with E-state index in [1.807, 2.05) is 27.1 Å². The number of furan rings is 1. The summed E-state index contributed by atoms with van der Waals surface area (Å²) in [6.45, 7) is 3.98. The van der Waals surface area contributed by atoms with Crippen molar-refractivity contribution in [1.82, 2.24) is 10.3 Å². The smallest absolute Gasteiger partial charge is 0.105 e. The summed E-state index contributed by atoms with van der Waals surface area (Å²) in [5.74, 6) is 1.94. The first kappa shape index (κ1) is 13.3. The molecule has 2 heterocycles. The molecule has 2 aromatic rings. The Morgan fingerprint density at radius 2 is 2.11 bits per heavy atom. The Balaban J connectivity index is 2.22. The SMILES string of the molecule is CNC(Cc1cncc(Br)c1)c1cc(C)oc1C. The normalized spacial score (nSPS) is 12.7. The largest absolute Gasteiger partial charge is 0.466 e. The van der Waals surface area contributed by atoms with Crippen molar-refractivity contribution in [1.29, 1.82) is 0 Å². The fourth-order valence-corrected chi connectivity index (χ4v) is 2.58. The molecule has 0 aliphatic heterocycles. The van der Waals surface area contributed by atoms with Crippen molar-refractivity contribution >= 4 is 15.9 Å². The van der Waals surface area contributed by atoms with Crippen LogP contribution in [-0.2, 0) is 6.42 Å². The highest BCUT2D eigenvalue weighted by molar-refractivity contribution is 9.10. The summed E-state index contributed by atoms with van der Waals surface area (Å²) in [5.41, 5.74) is 2.41. The van der Waals surface area contributed by atoms with Gasteiger partial charge in [0, 0.05) is 28.5 Å². The topological polar surface area (TPSA) is 38.1 Å². The van der Waals surface area contributed by atoms with Crippen molar-refractivity contribution in [3.05, 3.63) is 51.6 Å². The molecule has 0 fully saturated rings. The van der Waals surface area contributed by atoms with E-state index in [4.69, 9.17) is 4.42 Å². The van der Waals surface area contributed by atoms with E-state index in [1.165, 1.54) is 11.1 Å². The van der Waals surface area contributed by atoms with E-state index < -0.39 is 0 Å². The van der Waals surface area contributed by atoms with Crippen LogP contribution in [0.2, 0.25) is 0 Å². The van der Waals surface area contributed by atoms with Crippen LogP contribution in [0.25, 0.3) is 0 Å². The predicted molar refractivity (Wildman–Crippen MR) is 75.6 cm³/mol. The fourth-order valence-electron chi connectivity index (χ4n) is 2.17. The van der Waals surface area contributed by atoms with Crippen LogP contribution in [0.5, 0.6) is 0 Å². The number of nitrogens with one attached hydrogen (secondary N) is 1. The number of pyridine rings is 1. The first-order chi connectivity index (χ1) is 8.60. The van der Waals surface area contributed by atoms with E-state index in [9.17, 15) is 0 Å². The van der Waals surface area contributed by atoms with Gasteiger partial charge in [-0.15, -0.1) is 0 Å². The maximum Gasteiger partial charge on any atom is 0.105 e. The number of aryl methyl sites for hydroxylation is 2. The lowest BCUT2D eigenvalue weighted by Crippen LogP contribution is -2.19. The van der Waals surface area contributed by atoms with Crippen LogP contribution in [-0.4, -0.2) is 12.0 Å². The second-order valence-corrected chi connectivity index (χ2v) is 5.34. The average molecular weight is 309 g/mol. The zero-order chi connectivity index (χ0) is 13.1. The van der Waals surface area contributed by atoms with Crippen LogP contribution in [0.1, 0.15) is 28.7 Å². The van der Waals surface area contributed by atoms with Gasteiger partial charge in [-0.3, -0.25) is 4.98 Å². The molecular weight excluding hydrogens is 292 g/mol. The number of halogens is 1. The minimum atomic E-state index is 0.249. The fraction of sp³-hybridized carbons (Fsp3) is 0.357. The summed E-state index contributed by atoms with van der Waals surface area (Å²) >= 11 is 3.45. The lowest BCUT2D eigenvalue weighted by atomic mass is 10.0. The first-order valence-corrected chi connectivity index (χ1v) is 6.73. The predicted octanol–water partition coefficient (Wildman–Crippen LogP) is 3.56. The summed E-state index contributed by atoms with van der Waals surface area (Å²) in [6, 6.07) is 4.44. The van der Waals surface area contributed by atoms with Gasteiger partial charge < -0.3 is 9.73 Å². The molecule has 0 saturated carbocycles. The summed E-state index contributed by atoms with van der Waals surface area (Å²) < 4.78 is 6.60. The molecule has 0 radical (unpaired) electrons. The molecule has 2 rings (SSSR count). The standard InChI is InChI=1S/C14H17BrN2O/c1-9-4-13(10(2)18-9)14(16-3)6-11-5-12(15)8-17-7-11/h4-5,7-8,14,16H,6H2,1-3H3. The van der Waals surface area contributed by atoms with Crippen molar-refractivity contribution in [3.63, 3.8) is 0 Å². The van der Waals surface area contributed by atoms with E-state index in [1.54, 1.807) is 6.20 Å². The lowest BCUT2D eigenvalue weighted by Gasteiger charge is -2.15. The van der Waals surface area contributed by atoms with Gasteiger partial charge in [0.2, 0.25) is 0 Å². The monoisotopic (exact) mass is 308 g/mol. The van der Waals surface area contributed by atoms with Crippen molar-refractivity contribution in [3.8, 4) is 0 Å². The molecule has 1 N–H and O–H groups in total. The molecule has 0 aliphatic carbocycles. The molecule has 0 bridgehead atoms. The van der Waals surface area contributed by atoms with Gasteiger partial charge in [-0.2, -0.15) is 0 Å².